The Balaban J connectivity index is 2.62. The van der Waals surface area contributed by atoms with Crippen LogP contribution >= 0.6 is 0 Å². The average molecular weight is 195 g/mol. The molecular weight excluding hydrogens is 181 g/mol. The van der Waals surface area contributed by atoms with Gasteiger partial charge in [0.1, 0.15) is 6.17 Å². The first kappa shape index (κ1) is 9.92. The zero-order chi connectivity index (χ0) is 9.19. The van der Waals surface area contributed by atoms with Gasteiger partial charge in [0, 0.05) is 6.54 Å². The molecule has 0 amide bonds. The normalized spacial score (nSPS) is 30.3. The average Bonchev–Trinajstić information content (AvgIpc) is 2.30. The molecule has 1 aliphatic rings. The van der Waals surface area contributed by atoms with Crippen molar-refractivity contribution in [3.05, 3.63) is 0 Å². The molecule has 1 fully saturated rings. The molecule has 1 saturated heterocycles. The molecule has 0 aromatic heterocycles. The summed E-state index contributed by atoms with van der Waals surface area (Å²) in [5.74, 6) is 0.155. The van der Waals surface area contributed by atoms with Crippen LogP contribution in [0.25, 0.3) is 0 Å². The lowest BCUT2D eigenvalue weighted by Crippen LogP contribution is -2.34. The third-order valence-electron chi connectivity index (χ3n) is 2.18. The van der Waals surface area contributed by atoms with Crippen LogP contribution in [0.2, 0.25) is 0 Å². The summed E-state index contributed by atoms with van der Waals surface area (Å²) in [6.07, 6.45) is -0.162. The lowest BCUT2D eigenvalue weighted by Gasteiger charge is -2.13. The topological polar surface area (TPSA) is 46.2 Å². The molecule has 2 atom stereocenters. The van der Waals surface area contributed by atoms with Crippen molar-refractivity contribution in [3.8, 4) is 0 Å². The first-order valence-corrected chi connectivity index (χ1v) is 5.79. The van der Waals surface area contributed by atoms with Crippen LogP contribution in [0.3, 0.4) is 0 Å². The van der Waals surface area contributed by atoms with Gasteiger partial charge in [-0.05, 0) is 19.9 Å². The number of alkyl halides is 1. The van der Waals surface area contributed by atoms with Gasteiger partial charge in [-0.1, -0.05) is 0 Å². The largest absolute Gasteiger partial charge is 0.317 e. The fraction of sp³-hybridized carbons (Fsp3) is 1.00. The van der Waals surface area contributed by atoms with Crippen molar-refractivity contribution in [3.63, 3.8) is 0 Å². The van der Waals surface area contributed by atoms with Gasteiger partial charge in [0.05, 0.1) is 11.0 Å². The number of nitrogens with one attached hydrogen (secondary N) is 1. The molecule has 0 aromatic rings. The number of hydrogen-bond acceptors (Lipinski definition) is 3. The second-order valence-corrected chi connectivity index (χ2v) is 5.46. The van der Waals surface area contributed by atoms with Crippen LogP contribution in [-0.2, 0) is 9.84 Å². The van der Waals surface area contributed by atoms with E-state index in [1.165, 1.54) is 0 Å². The first-order chi connectivity index (χ1) is 5.58. The Morgan fingerprint density at radius 1 is 1.67 bits per heavy atom. The molecule has 1 N–H and O–H groups in total. The number of halogens is 1. The standard InChI is InChI=1S/C7H14FNO2S/c1-9-5-6(8)7-3-2-4-12(7,10)11/h6-7,9H,2-5H2,1H3. The van der Waals surface area contributed by atoms with E-state index in [1.807, 2.05) is 0 Å². The zero-order valence-corrected chi connectivity index (χ0v) is 7.90. The Labute approximate surface area is 72.3 Å². The van der Waals surface area contributed by atoms with Crippen molar-refractivity contribution >= 4 is 9.84 Å². The molecule has 0 radical (unpaired) electrons. The van der Waals surface area contributed by atoms with E-state index >= 15 is 0 Å². The maximum absolute atomic E-state index is 13.2. The van der Waals surface area contributed by atoms with Gasteiger partial charge in [0.25, 0.3) is 0 Å². The van der Waals surface area contributed by atoms with Crippen LogP contribution in [0.4, 0.5) is 4.39 Å². The second kappa shape index (κ2) is 3.70. The van der Waals surface area contributed by atoms with Gasteiger partial charge in [-0.25, -0.2) is 12.8 Å². The zero-order valence-electron chi connectivity index (χ0n) is 7.09. The summed E-state index contributed by atoms with van der Waals surface area (Å²) in [5.41, 5.74) is 0. The second-order valence-electron chi connectivity index (χ2n) is 3.12. The SMILES string of the molecule is CNCC(F)C1CCCS1(=O)=O. The Bertz CT molecular complexity index is 240. The summed E-state index contributed by atoms with van der Waals surface area (Å²) in [5, 5.41) is 1.88. The third-order valence-corrected chi connectivity index (χ3v) is 4.49. The van der Waals surface area contributed by atoms with Crippen LogP contribution in [-0.4, -0.2) is 39.2 Å². The molecule has 72 valence electrons. The van der Waals surface area contributed by atoms with E-state index in [0.717, 1.165) is 0 Å². The van der Waals surface area contributed by atoms with Gasteiger partial charge in [0.15, 0.2) is 9.84 Å². The van der Waals surface area contributed by atoms with Gasteiger partial charge in [-0.2, -0.15) is 0 Å². The van der Waals surface area contributed by atoms with Crippen molar-refractivity contribution in [1.29, 1.82) is 0 Å². The van der Waals surface area contributed by atoms with Crippen LogP contribution in [0, 0.1) is 0 Å². The molecule has 0 aliphatic carbocycles. The van der Waals surface area contributed by atoms with Gasteiger partial charge in [-0.3, -0.25) is 0 Å². The minimum Gasteiger partial charge on any atom is -0.317 e. The minimum atomic E-state index is -3.12. The molecule has 0 spiro atoms. The van der Waals surface area contributed by atoms with Crippen molar-refractivity contribution < 1.29 is 12.8 Å². The molecule has 1 rings (SSSR count). The van der Waals surface area contributed by atoms with Crippen molar-refractivity contribution in [2.75, 3.05) is 19.3 Å². The quantitative estimate of drug-likeness (QED) is 0.696. The highest BCUT2D eigenvalue weighted by molar-refractivity contribution is 7.92. The third kappa shape index (κ3) is 1.95. The van der Waals surface area contributed by atoms with E-state index < -0.39 is 21.3 Å². The van der Waals surface area contributed by atoms with Gasteiger partial charge < -0.3 is 5.32 Å². The molecule has 0 bridgehead atoms. The highest BCUT2D eigenvalue weighted by Gasteiger charge is 2.37. The lowest BCUT2D eigenvalue weighted by molar-refractivity contribution is 0.308. The Hall–Kier alpha value is -0.160. The van der Waals surface area contributed by atoms with E-state index in [4.69, 9.17) is 0 Å². The summed E-state index contributed by atoms with van der Waals surface area (Å²) in [7, 11) is -1.50. The summed E-state index contributed by atoms with van der Waals surface area (Å²) < 4.78 is 35.6. The van der Waals surface area contributed by atoms with Crippen molar-refractivity contribution in [2.45, 2.75) is 24.3 Å². The molecule has 0 aromatic carbocycles. The highest BCUT2D eigenvalue weighted by atomic mass is 32.2. The molecule has 1 aliphatic heterocycles. The summed E-state index contributed by atoms with van der Waals surface area (Å²) in [4.78, 5) is 0. The van der Waals surface area contributed by atoms with Crippen LogP contribution in [0.5, 0.6) is 0 Å². The van der Waals surface area contributed by atoms with E-state index in [0.29, 0.717) is 12.8 Å². The predicted octanol–water partition coefficient (Wildman–Crippen LogP) is 0.121. The van der Waals surface area contributed by atoms with Gasteiger partial charge in [0.2, 0.25) is 0 Å². The minimum absolute atomic E-state index is 0.129. The molecular formula is C7H14FNO2S. The monoisotopic (exact) mass is 195 g/mol. The Kier molecular flexibility index (Phi) is 3.06. The molecule has 3 nitrogen and oxygen atoms in total. The van der Waals surface area contributed by atoms with Crippen LogP contribution in [0.15, 0.2) is 0 Å². The summed E-state index contributed by atoms with van der Waals surface area (Å²) in [6.45, 7) is 0.129. The van der Waals surface area contributed by atoms with E-state index in [-0.39, 0.29) is 12.3 Å². The molecule has 2 unspecified atom stereocenters. The van der Waals surface area contributed by atoms with Crippen LogP contribution in [0.1, 0.15) is 12.8 Å². The molecule has 1 heterocycles. The van der Waals surface area contributed by atoms with Gasteiger partial charge >= 0.3 is 0 Å². The Morgan fingerprint density at radius 2 is 2.33 bits per heavy atom. The summed E-state index contributed by atoms with van der Waals surface area (Å²) >= 11 is 0. The molecule has 12 heavy (non-hydrogen) atoms. The number of sulfone groups is 1. The number of hydrogen-bond donors (Lipinski definition) is 1. The summed E-state index contributed by atoms with van der Waals surface area (Å²) in [6, 6.07) is 0. The van der Waals surface area contributed by atoms with E-state index in [9.17, 15) is 12.8 Å². The highest BCUT2D eigenvalue weighted by Crippen LogP contribution is 2.24. The smallest absolute Gasteiger partial charge is 0.156 e. The van der Waals surface area contributed by atoms with Gasteiger partial charge in [-0.15, -0.1) is 0 Å². The van der Waals surface area contributed by atoms with Crippen molar-refractivity contribution in [2.24, 2.45) is 0 Å². The first-order valence-electron chi connectivity index (χ1n) is 4.08. The van der Waals surface area contributed by atoms with E-state index in [1.54, 1.807) is 7.05 Å². The predicted molar refractivity (Wildman–Crippen MR) is 45.6 cm³/mol. The maximum atomic E-state index is 13.2. The fourth-order valence-corrected chi connectivity index (χ4v) is 3.49. The fourth-order valence-electron chi connectivity index (χ4n) is 1.55. The van der Waals surface area contributed by atoms with Crippen molar-refractivity contribution in [1.82, 2.24) is 5.32 Å². The van der Waals surface area contributed by atoms with Crippen LogP contribution < -0.4 is 5.32 Å². The lowest BCUT2D eigenvalue weighted by atomic mass is 10.2. The van der Waals surface area contributed by atoms with E-state index in [2.05, 4.69) is 5.32 Å². The Morgan fingerprint density at radius 3 is 2.75 bits per heavy atom. The molecule has 0 saturated carbocycles. The number of rotatable bonds is 3. The maximum Gasteiger partial charge on any atom is 0.156 e. The molecule has 5 heteroatoms.